The number of halogens is 1. The van der Waals surface area contributed by atoms with Gasteiger partial charge in [-0.25, -0.2) is 0 Å². The van der Waals surface area contributed by atoms with Crippen molar-refractivity contribution in [3.05, 3.63) is 34.9 Å². The minimum Gasteiger partial charge on any atom is -0.335 e. The fraction of sp³-hybridized carbons (Fsp3) is 0.308. The second kappa shape index (κ2) is 4.68. The van der Waals surface area contributed by atoms with E-state index in [1.807, 2.05) is 12.1 Å². The molecule has 1 N–H and O–H groups in total. The summed E-state index contributed by atoms with van der Waals surface area (Å²) in [5, 5.41) is 21.1. The number of amides is 1. The third-order valence-corrected chi connectivity index (χ3v) is 3.22. The zero-order valence-corrected chi connectivity index (χ0v) is 10.2. The fourth-order valence-electron chi connectivity index (χ4n) is 1.66. The number of hydrogen-bond donors (Lipinski definition) is 1. The second-order valence-electron chi connectivity index (χ2n) is 4.28. The molecule has 1 atom stereocenters. The van der Waals surface area contributed by atoms with Gasteiger partial charge in [0.15, 0.2) is 0 Å². The van der Waals surface area contributed by atoms with Gasteiger partial charge in [-0.05, 0) is 30.5 Å². The maximum atomic E-state index is 11.9. The summed E-state index contributed by atoms with van der Waals surface area (Å²) < 4.78 is 0. The molecule has 1 saturated carbocycles. The largest absolute Gasteiger partial charge is 0.335 e. The Kier molecular flexibility index (Phi) is 3.23. The van der Waals surface area contributed by atoms with E-state index in [1.54, 1.807) is 24.3 Å². The third-order valence-electron chi connectivity index (χ3n) is 2.99. The summed E-state index contributed by atoms with van der Waals surface area (Å²) in [7, 11) is 0. The maximum absolute atomic E-state index is 11.9. The van der Waals surface area contributed by atoms with Crippen LogP contribution in [0, 0.1) is 28.1 Å². The molecule has 0 bridgehead atoms. The smallest absolute Gasteiger partial charge is 0.241 e. The second-order valence-corrected chi connectivity index (χ2v) is 4.72. The van der Waals surface area contributed by atoms with Crippen LogP contribution in [0.1, 0.15) is 24.4 Å². The summed E-state index contributed by atoms with van der Waals surface area (Å²) in [6, 6.07) is 9.97. The van der Waals surface area contributed by atoms with Crippen LogP contribution in [0.3, 0.4) is 0 Å². The van der Waals surface area contributed by atoms with Crippen molar-refractivity contribution in [2.45, 2.75) is 18.9 Å². The van der Waals surface area contributed by atoms with Gasteiger partial charge in [0.25, 0.3) is 0 Å². The lowest BCUT2D eigenvalue weighted by atomic mass is 10.0. The molecule has 18 heavy (non-hydrogen) atoms. The van der Waals surface area contributed by atoms with Crippen LogP contribution in [0.4, 0.5) is 0 Å². The Morgan fingerprint density at radius 3 is 2.67 bits per heavy atom. The van der Waals surface area contributed by atoms with Crippen molar-refractivity contribution in [2.75, 3.05) is 0 Å². The summed E-state index contributed by atoms with van der Waals surface area (Å²) >= 11 is 5.84. The average molecular weight is 260 g/mol. The number of hydrogen-bond acceptors (Lipinski definition) is 3. The molecule has 1 unspecified atom stereocenters. The Morgan fingerprint density at radius 1 is 1.44 bits per heavy atom. The molecule has 0 aliphatic heterocycles. The lowest BCUT2D eigenvalue weighted by Gasteiger charge is -2.14. The maximum Gasteiger partial charge on any atom is 0.241 e. The van der Waals surface area contributed by atoms with Crippen LogP contribution in [-0.4, -0.2) is 5.91 Å². The third kappa shape index (κ3) is 2.30. The van der Waals surface area contributed by atoms with E-state index in [9.17, 15) is 4.79 Å². The molecule has 1 aromatic rings. The summed E-state index contributed by atoms with van der Waals surface area (Å²) in [5.74, 6) is -0.378. The predicted octanol–water partition coefficient (Wildman–Crippen LogP) is 2.32. The Bertz CT molecular complexity index is 566. The molecular weight excluding hydrogens is 250 g/mol. The summed E-state index contributed by atoms with van der Waals surface area (Å²) in [4.78, 5) is 11.9. The SMILES string of the molecule is N#CC(NC(=O)C1(C#N)CC1)c1cccc(Cl)c1. The van der Waals surface area contributed by atoms with Crippen molar-refractivity contribution >= 4 is 17.5 Å². The van der Waals surface area contributed by atoms with Crippen LogP contribution in [0.15, 0.2) is 24.3 Å². The van der Waals surface area contributed by atoms with Crippen molar-refractivity contribution in [2.24, 2.45) is 5.41 Å². The van der Waals surface area contributed by atoms with Crippen molar-refractivity contribution in [1.82, 2.24) is 5.32 Å². The summed E-state index contributed by atoms with van der Waals surface area (Å²) in [6.07, 6.45) is 1.12. The van der Waals surface area contributed by atoms with Gasteiger partial charge in [0.05, 0.1) is 12.1 Å². The number of rotatable bonds is 3. The first-order chi connectivity index (χ1) is 8.61. The molecule has 0 saturated heterocycles. The van der Waals surface area contributed by atoms with E-state index < -0.39 is 11.5 Å². The molecule has 0 aromatic heterocycles. The monoisotopic (exact) mass is 259 g/mol. The molecule has 1 aliphatic carbocycles. The van der Waals surface area contributed by atoms with Gasteiger partial charge in [-0.1, -0.05) is 23.7 Å². The first kappa shape index (κ1) is 12.4. The molecule has 1 aliphatic rings. The molecule has 1 amide bonds. The van der Waals surface area contributed by atoms with E-state index in [2.05, 4.69) is 5.32 Å². The topological polar surface area (TPSA) is 76.7 Å². The van der Waals surface area contributed by atoms with Crippen LogP contribution in [-0.2, 0) is 4.79 Å². The number of nitrogens with one attached hydrogen (secondary N) is 1. The minimum absolute atomic E-state index is 0.378. The van der Waals surface area contributed by atoms with Crippen LogP contribution in [0.2, 0.25) is 5.02 Å². The number of carbonyl (C=O) groups is 1. The van der Waals surface area contributed by atoms with Crippen LogP contribution in [0.25, 0.3) is 0 Å². The Hall–Kier alpha value is -2.04. The van der Waals surface area contributed by atoms with Crippen molar-refractivity contribution in [1.29, 1.82) is 10.5 Å². The highest BCUT2D eigenvalue weighted by molar-refractivity contribution is 6.30. The van der Waals surface area contributed by atoms with Crippen LogP contribution >= 0.6 is 11.6 Å². The van der Waals surface area contributed by atoms with Crippen molar-refractivity contribution in [3.63, 3.8) is 0 Å². The molecule has 0 radical (unpaired) electrons. The van der Waals surface area contributed by atoms with E-state index in [4.69, 9.17) is 22.1 Å². The molecule has 0 heterocycles. The fourth-order valence-corrected chi connectivity index (χ4v) is 1.86. The number of carbonyl (C=O) groups excluding carboxylic acids is 1. The van der Waals surface area contributed by atoms with Gasteiger partial charge in [-0.15, -0.1) is 0 Å². The van der Waals surface area contributed by atoms with E-state index in [-0.39, 0.29) is 5.91 Å². The normalized spacial score (nSPS) is 17.1. The van der Waals surface area contributed by atoms with Gasteiger partial charge < -0.3 is 5.32 Å². The highest BCUT2D eigenvalue weighted by Gasteiger charge is 2.51. The molecule has 0 spiro atoms. The molecular formula is C13H10ClN3O. The Balaban J connectivity index is 2.14. The number of nitriles is 2. The van der Waals surface area contributed by atoms with E-state index in [1.165, 1.54) is 0 Å². The van der Waals surface area contributed by atoms with Crippen LogP contribution in [0.5, 0.6) is 0 Å². The zero-order chi connectivity index (χ0) is 13.2. The highest BCUT2D eigenvalue weighted by Crippen LogP contribution is 2.45. The molecule has 4 nitrogen and oxygen atoms in total. The van der Waals surface area contributed by atoms with Gasteiger partial charge in [0.2, 0.25) is 5.91 Å². The van der Waals surface area contributed by atoms with E-state index in [0.29, 0.717) is 23.4 Å². The van der Waals surface area contributed by atoms with E-state index in [0.717, 1.165) is 0 Å². The molecule has 90 valence electrons. The van der Waals surface area contributed by atoms with Crippen molar-refractivity contribution < 1.29 is 4.79 Å². The summed E-state index contributed by atoms with van der Waals surface area (Å²) in [5.41, 5.74) is -0.305. The van der Waals surface area contributed by atoms with Gasteiger partial charge in [0, 0.05) is 5.02 Å². The first-order valence-corrected chi connectivity index (χ1v) is 5.86. The van der Waals surface area contributed by atoms with Crippen LogP contribution < -0.4 is 5.32 Å². The van der Waals surface area contributed by atoms with Gasteiger partial charge in [0.1, 0.15) is 11.5 Å². The quantitative estimate of drug-likeness (QED) is 0.905. The average Bonchev–Trinajstić information content (AvgIpc) is 3.16. The van der Waals surface area contributed by atoms with Gasteiger partial charge in [-0.2, -0.15) is 10.5 Å². The van der Waals surface area contributed by atoms with E-state index >= 15 is 0 Å². The number of benzene rings is 1. The zero-order valence-electron chi connectivity index (χ0n) is 9.48. The lowest BCUT2D eigenvalue weighted by molar-refractivity contribution is -0.124. The molecule has 1 aromatic carbocycles. The highest BCUT2D eigenvalue weighted by atomic mass is 35.5. The van der Waals surface area contributed by atoms with Gasteiger partial charge in [-0.3, -0.25) is 4.79 Å². The predicted molar refractivity (Wildman–Crippen MR) is 65.2 cm³/mol. The van der Waals surface area contributed by atoms with Crippen molar-refractivity contribution in [3.8, 4) is 12.1 Å². The molecule has 5 heteroatoms. The molecule has 1 fully saturated rings. The summed E-state index contributed by atoms with van der Waals surface area (Å²) in [6.45, 7) is 0. The standard InChI is InChI=1S/C13H10ClN3O/c14-10-3-1-2-9(6-10)11(7-15)17-12(18)13(8-16)4-5-13/h1-3,6,11H,4-5H2,(H,17,18). The van der Waals surface area contributed by atoms with Gasteiger partial charge >= 0.3 is 0 Å². The molecule has 2 rings (SSSR count). The number of nitrogens with zero attached hydrogens (tertiary/aromatic N) is 2. The first-order valence-electron chi connectivity index (χ1n) is 5.48. The minimum atomic E-state index is -0.923. The lowest BCUT2D eigenvalue weighted by Crippen LogP contribution is -2.33. The Morgan fingerprint density at radius 2 is 2.17 bits per heavy atom. The Labute approximate surface area is 110 Å².